The zero-order chi connectivity index (χ0) is 13.8. The fourth-order valence-electron chi connectivity index (χ4n) is 1.99. The van der Waals surface area contributed by atoms with E-state index in [2.05, 4.69) is 15.6 Å². The Morgan fingerprint density at radius 1 is 1.26 bits per heavy atom. The Balaban J connectivity index is 1.76. The highest BCUT2D eigenvalue weighted by Crippen LogP contribution is 2.38. The van der Waals surface area contributed by atoms with E-state index in [-0.39, 0.29) is 29.7 Å². The molecule has 0 spiro atoms. The third-order valence-corrected chi connectivity index (χ3v) is 3.11. The number of pyridine rings is 1. The molecule has 2 N–H and O–H groups in total. The monoisotopic (exact) mass is 261 g/mol. The fraction of sp³-hybridized carbons (Fsp3) is 0.500. The van der Waals surface area contributed by atoms with Crippen LogP contribution in [0.15, 0.2) is 24.5 Å². The van der Waals surface area contributed by atoms with E-state index in [1.807, 2.05) is 26.0 Å². The first-order valence-electron chi connectivity index (χ1n) is 6.55. The fourth-order valence-corrected chi connectivity index (χ4v) is 1.99. The number of nitrogens with one attached hydrogen (secondary N) is 2. The lowest BCUT2D eigenvalue weighted by Crippen LogP contribution is -2.33. The topological polar surface area (TPSA) is 71.1 Å². The quantitative estimate of drug-likeness (QED) is 0.825. The molecular weight excluding hydrogens is 242 g/mol. The lowest BCUT2D eigenvalue weighted by atomic mass is 10.2. The van der Waals surface area contributed by atoms with Gasteiger partial charge in [0.15, 0.2) is 0 Å². The van der Waals surface area contributed by atoms with Crippen molar-refractivity contribution in [1.82, 2.24) is 15.6 Å². The van der Waals surface area contributed by atoms with Crippen molar-refractivity contribution >= 4 is 11.8 Å². The van der Waals surface area contributed by atoms with Gasteiger partial charge in [-0.3, -0.25) is 14.6 Å². The summed E-state index contributed by atoms with van der Waals surface area (Å²) in [7, 11) is 0. The van der Waals surface area contributed by atoms with Crippen LogP contribution in [0.4, 0.5) is 0 Å². The number of rotatable bonds is 5. The van der Waals surface area contributed by atoms with Gasteiger partial charge in [-0.1, -0.05) is 0 Å². The van der Waals surface area contributed by atoms with E-state index in [1.165, 1.54) is 0 Å². The van der Waals surface area contributed by atoms with Crippen LogP contribution in [-0.4, -0.2) is 22.8 Å². The molecule has 0 aliphatic heterocycles. The van der Waals surface area contributed by atoms with Crippen molar-refractivity contribution in [3.8, 4) is 0 Å². The van der Waals surface area contributed by atoms with Gasteiger partial charge in [0, 0.05) is 25.0 Å². The summed E-state index contributed by atoms with van der Waals surface area (Å²) >= 11 is 0. The first kappa shape index (κ1) is 13.5. The van der Waals surface area contributed by atoms with Gasteiger partial charge in [0.25, 0.3) is 0 Å². The molecular formula is C14H19N3O2. The highest BCUT2D eigenvalue weighted by molar-refractivity contribution is 5.92. The highest BCUT2D eigenvalue weighted by atomic mass is 16.2. The first-order chi connectivity index (χ1) is 9.08. The Kier molecular flexibility index (Phi) is 4.14. The summed E-state index contributed by atoms with van der Waals surface area (Å²) in [5.41, 5.74) is 1.01. The maximum Gasteiger partial charge on any atom is 0.224 e. The Bertz CT molecular complexity index is 459. The molecule has 5 heteroatoms. The summed E-state index contributed by atoms with van der Waals surface area (Å²) in [4.78, 5) is 27.5. The molecule has 0 bridgehead atoms. The maximum absolute atomic E-state index is 11.9. The molecule has 2 unspecified atom stereocenters. The number of hydrogen-bond acceptors (Lipinski definition) is 3. The third kappa shape index (κ3) is 3.77. The second kappa shape index (κ2) is 5.82. The average molecular weight is 261 g/mol. The van der Waals surface area contributed by atoms with E-state index in [0.29, 0.717) is 13.0 Å². The smallest absolute Gasteiger partial charge is 0.224 e. The zero-order valence-corrected chi connectivity index (χ0v) is 11.2. The molecule has 1 saturated carbocycles. The average Bonchev–Trinajstić information content (AvgIpc) is 3.17. The highest BCUT2D eigenvalue weighted by Gasteiger charge is 2.47. The SMILES string of the molecule is CC(C)NC(=O)C1CC1C(=O)NCc1ccncc1. The van der Waals surface area contributed by atoms with E-state index in [1.54, 1.807) is 12.4 Å². The van der Waals surface area contributed by atoms with Crippen molar-refractivity contribution in [2.75, 3.05) is 0 Å². The third-order valence-electron chi connectivity index (χ3n) is 3.11. The van der Waals surface area contributed by atoms with Crippen LogP contribution < -0.4 is 10.6 Å². The van der Waals surface area contributed by atoms with E-state index in [4.69, 9.17) is 0 Å². The van der Waals surface area contributed by atoms with Crippen molar-refractivity contribution < 1.29 is 9.59 Å². The lowest BCUT2D eigenvalue weighted by molar-refractivity contribution is -0.127. The van der Waals surface area contributed by atoms with Crippen LogP contribution in [0, 0.1) is 11.8 Å². The predicted molar refractivity (Wildman–Crippen MR) is 71.0 cm³/mol. The van der Waals surface area contributed by atoms with Gasteiger partial charge in [0.05, 0.1) is 11.8 Å². The summed E-state index contributed by atoms with van der Waals surface area (Å²) < 4.78 is 0. The Labute approximate surface area is 112 Å². The van der Waals surface area contributed by atoms with Crippen molar-refractivity contribution in [3.05, 3.63) is 30.1 Å². The van der Waals surface area contributed by atoms with Crippen LogP contribution in [0.1, 0.15) is 25.8 Å². The van der Waals surface area contributed by atoms with Gasteiger partial charge >= 0.3 is 0 Å². The predicted octanol–water partition coefficient (Wildman–Crippen LogP) is 0.858. The van der Waals surface area contributed by atoms with E-state index >= 15 is 0 Å². The molecule has 5 nitrogen and oxygen atoms in total. The number of aromatic nitrogens is 1. The number of carbonyl (C=O) groups is 2. The van der Waals surface area contributed by atoms with Crippen LogP contribution in [0.3, 0.4) is 0 Å². The molecule has 1 heterocycles. The van der Waals surface area contributed by atoms with Gasteiger partial charge in [0.1, 0.15) is 0 Å². The van der Waals surface area contributed by atoms with Crippen LogP contribution in [-0.2, 0) is 16.1 Å². The number of nitrogens with zero attached hydrogens (tertiary/aromatic N) is 1. The molecule has 1 aromatic heterocycles. The molecule has 0 saturated heterocycles. The molecule has 0 aromatic carbocycles. The second-order valence-electron chi connectivity index (χ2n) is 5.19. The van der Waals surface area contributed by atoms with E-state index in [9.17, 15) is 9.59 Å². The molecule has 1 aliphatic carbocycles. The van der Waals surface area contributed by atoms with Gasteiger partial charge in [0.2, 0.25) is 11.8 Å². The maximum atomic E-state index is 11.9. The number of hydrogen-bond donors (Lipinski definition) is 2. The summed E-state index contributed by atoms with van der Waals surface area (Å²) in [6.07, 6.45) is 4.04. The molecule has 1 fully saturated rings. The molecule has 102 valence electrons. The number of carbonyl (C=O) groups excluding carboxylic acids is 2. The van der Waals surface area contributed by atoms with Crippen LogP contribution in [0.5, 0.6) is 0 Å². The van der Waals surface area contributed by atoms with Crippen LogP contribution in [0.2, 0.25) is 0 Å². The van der Waals surface area contributed by atoms with Crippen molar-refractivity contribution in [2.45, 2.75) is 32.9 Å². The Hall–Kier alpha value is -1.91. The minimum atomic E-state index is -0.166. The van der Waals surface area contributed by atoms with Gasteiger partial charge < -0.3 is 10.6 Å². The number of amides is 2. The normalized spacial score (nSPS) is 21.0. The Morgan fingerprint density at radius 2 is 1.89 bits per heavy atom. The van der Waals surface area contributed by atoms with Crippen molar-refractivity contribution in [1.29, 1.82) is 0 Å². The van der Waals surface area contributed by atoms with Gasteiger partial charge in [-0.2, -0.15) is 0 Å². The van der Waals surface area contributed by atoms with E-state index in [0.717, 1.165) is 5.56 Å². The molecule has 1 aromatic rings. The van der Waals surface area contributed by atoms with Crippen molar-refractivity contribution in [3.63, 3.8) is 0 Å². The molecule has 2 amide bonds. The van der Waals surface area contributed by atoms with Crippen molar-refractivity contribution in [2.24, 2.45) is 11.8 Å². The van der Waals surface area contributed by atoms with Crippen LogP contribution >= 0.6 is 0 Å². The second-order valence-corrected chi connectivity index (χ2v) is 5.19. The van der Waals surface area contributed by atoms with Gasteiger partial charge in [-0.25, -0.2) is 0 Å². The molecule has 1 aliphatic rings. The lowest BCUT2D eigenvalue weighted by Gasteiger charge is -2.08. The minimum Gasteiger partial charge on any atom is -0.354 e. The summed E-state index contributed by atoms with van der Waals surface area (Å²) in [5, 5.41) is 5.69. The molecule has 19 heavy (non-hydrogen) atoms. The largest absolute Gasteiger partial charge is 0.354 e. The standard InChI is InChI=1S/C14H19N3O2/c1-9(2)17-14(19)12-7-11(12)13(18)16-8-10-3-5-15-6-4-10/h3-6,9,11-12H,7-8H2,1-2H3,(H,16,18)(H,17,19). The van der Waals surface area contributed by atoms with Gasteiger partial charge in [-0.05, 0) is 38.0 Å². The Morgan fingerprint density at radius 3 is 2.53 bits per heavy atom. The summed E-state index contributed by atoms with van der Waals surface area (Å²) in [5.74, 6) is -0.375. The minimum absolute atomic E-state index is 0.0148. The first-order valence-corrected chi connectivity index (χ1v) is 6.55. The summed E-state index contributed by atoms with van der Waals surface area (Å²) in [6, 6.07) is 3.83. The van der Waals surface area contributed by atoms with E-state index < -0.39 is 0 Å². The van der Waals surface area contributed by atoms with Crippen LogP contribution in [0.25, 0.3) is 0 Å². The molecule has 2 atom stereocenters. The molecule has 0 radical (unpaired) electrons. The summed E-state index contributed by atoms with van der Waals surface area (Å²) in [6.45, 7) is 4.31. The molecule has 2 rings (SSSR count). The zero-order valence-electron chi connectivity index (χ0n) is 11.2. The van der Waals surface area contributed by atoms with Gasteiger partial charge in [-0.15, -0.1) is 0 Å².